The van der Waals surface area contributed by atoms with E-state index in [-0.39, 0.29) is 0 Å². The summed E-state index contributed by atoms with van der Waals surface area (Å²) in [6.45, 7) is 1.36. The fourth-order valence-corrected chi connectivity index (χ4v) is 1.58. The smallest absolute Gasteiger partial charge is 0.127 e. The summed E-state index contributed by atoms with van der Waals surface area (Å²) < 4.78 is 5.71. The number of hydrazine groups is 1. The predicted octanol–water partition coefficient (Wildman–Crippen LogP) is 1.99. The summed E-state index contributed by atoms with van der Waals surface area (Å²) in [5.41, 5.74) is 3.73. The van der Waals surface area contributed by atoms with E-state index in [2.05, 4.69) is 10.7 Å². The fourth-order valence-electron chi connectivity index (χ4n) is 1.58. The predicted molar refractivity (Wildman–Crippen MR) is 72.0 cm³/mol. The Morgan fingerprint density at radius 2 is 1.56 bits per heavy atom. The molecular weight excluding hydrogens is 226 g/mol. The molecule has 0 unspecified atom stereocenters. The van der Waals surface area contributed by atoms with Gasteiger partial charge in [0.15, 0.2) is 0 Å². The van der Waals surface area contributed by atoms with Crippen LogP contribution in [0.3, 0.4) is 0 Å². The van der Waals surface area contributed by atoms with Gasteiger partial charge in [0, 0.05) is 6.54 Å². The summed E-state index contributed by atoms with van der Waals surface area (Å²) in [4.78, 5) is 0. The second-order valence-electron chi connectivity index (χ2n) is 3.87. The topological polar surface area (TPSA) is 59.3 Å². The van der Waals surface area contributed by atoms with Crippen molar-refractivity contribution in [3.05, 3.63) is 60.2 Å². The molecule has 18 heavy (non-hydrogen) atoms. The Bertz CT molecular complexity index is 456. The van der Waals surface area contributed by atoms with Gasteiger partial charge in [-0.05, 0) is 29.8 Å². The fraction of sp³-hybridized carbons (Fsp3) is 0.143. The molecule has 0 aliphatic rings. The van der Waals surface area contributed by atoms with Crippen molar-refractivity contribution in [2.75, 3.05) is 6.67 Å². The highest BCUT2D eigenvalue weighted by Crippen LogP contribution is 2.20. The van der Waals surface area contributed by atoms with Crippen LogP contribution in [0.2, 0.25) is 0 Å². The van der Waals surface area contributed by atoms with Crippen molar-refractivity contribution in [1.29, 1.82) is 0 Å². The summed E-state index contributed by atoms with van der Waals surface area (Å²) in [7, 11) is 0. The van der Waals surface area contributed by atoms with Crippen LogP contribution >= 0.6 is 0 Å². The van der Waals surface area contributed by atoms with Gasteiger partial charge in [-0.1, -0.05) is 30.3 Å². The molecule has 0 aliphatic carbocycles. The van der Waals surface area contributed by atoms with Crippen molar-refractivity contribution in [2.45, 2.75) is 6.54 Å². The van der Waals surface area contributed by atoms with Crippen LogP contribution in [0.5, 0.6) is 11.5 Å². The maximum Gasteiger partial charge on any atom is 0.127 e. The van der Waals surface area contributed by atoms with E-state index in [1.165, 1.54) is 5.56 Å². The van der Waals surface area contributed by atoms with Gasteiger partial charge < -0.3 is 4.74 Å². The lowest BCUT2D eigenvalue weighted by atomic mass is 10.2. The van der Waals surface area contributed by atoms with Crippen molar-refractivity contribution < 1.29 is 4.74 Å². The van der Waals surface area contributed by atoms with E-state index in [1.807, 2.05) is 54.6 Å². The normalized spacial score (nSPS) is 10.3. The monoisotopic (exact) mass is 243 g/mol. The Morgan fingerprint density at radius 1 is 0.889 bits per heavy atom. The van der Waals surface area contributed by atoms with Gasteiger partial charge in [0.2, 0.25) is 0 Å². The Morgan fingerprint density at radius 3 is 2.22 bits per heavy atom. The second kappa shape index (κ2) is 6.76. The van der Waals surface area contributed by atoms with E-state index in [0.717, 1.165) is 18.0 Å². The third-order valence-electron chi connectivity index (χ3n) is 2.46. The summed E-state index contributed by atoms with van der Waals surface area (Å²) in [6.07, 6.45) is 0. The highest BCUT2D eigenvalue weighted by molar-refractivity contribution is 5.32. The van der Waals surface area contributed by atoms with Gasteiger partial charge in [-0.2, -0.15) is 0 Å². The van der Waals surface area contributed by atoms with Crippen LogP contribution in [0.15, 0.2) is 54.6 Å². The van der Waals surface area contributed by atoms with Crippen molar-refractivity contribution in [3.8, 4) is 11.5 Å². The standard InChI is InChI=1S/C14H17N3O/c15-17-11-16-10-12-6-8-14(9-7-12)18-13-4-2-1-3-5-13/h1-9,16-17H,10-11,15H2. The van der Waals surface area contributed by atoms with Crippen LogP contribution in [0.1, 0.15) is 5.56 Å². The van der Waals surface area contributed by atoms with Crippen LogP contribution in [0.4, 0.5) is 0 Å². The summed E-state index contributed by atoms with van der Waals surface area (Å²) in [5.74, 6) is 6.85. The minimum Gasteiger partial charge on any atom is -0.457 e. The molecule has 0 saturated heterocycles. The van der Waals surface area contributed by atoms with E-state index in [4.69, 9.17) is 10.6 Å². The second-order valence-corrected chi connectivity index (χ2v) is 3.87. The van der Waals surface area contributed by atoms with E-state index < -0.39 is 0 Å². The zero-order valence-corrected chi connectivity index (χ0v) is 10.1. The summed E-state index contributed by atoms with van der Waals surface area (Å²) >= 11 is 0. The minimum atomic E-state index is 0.586. The number of ether oxygens (including phenoxy) is 1. The summed E-state index contributed by atoms with van der Waals surface area (Å²) in [6, 6.07) is 17.7. The van der Waals surface area contributed by atoms with Crippen LogP contribution in [0, 0.1) is 0 Å². The first-order valence-electron chi connectivity index (χ1n) is 5.84. The van der Waals surface area contributed by atoms with Gasteiger partial charge in [0.05, 0.1) is 6.67 Å². The first-order chi connectivity index (χ1) is 8.88. The quantitative estimate of drug-likeness (QED) is 0.314. The average Bonchev–Trinajstić information content (AvgIpc) is 2.42. The van der Waals surface area contributed by atoms with E-state index >= 15 is 0 Å². The molecule has 2 rings (SSSR count). The number of hydrogen-bond acceptors (Lipinski definition) is 4. The molecule has 4 N–H and O–H groups in total. The maximum absolute atomic E-state index is 5.71. The molecule has 0 amide bonds. The highest BCUT2D eigenvalue weighted by Gasteiger charge is 1.97. The van der Waals surface area contributed by atoms with Gasteiger partial charge in [0.1, 0.15) is 11.5 Å². The van der Waals surface area contributed by atoms with Crippen molar-refractivity contribution >= 4 is 0 Å². The molecule has 4 heteroatoms. The van der Waals surface area contributed by atoms with E-state index in [9.17, 15) is 0 Å². The lowest BCUT2D eigenvalue weighted by Gasteiger charge is -2.07. The molecule has 94 valence electrons. The van der Waals surface area contributed by atoms with Gasteiger partial charge in [-0.25, -0.2) is 5.43 Å². The molecule has 0 spiro atoms. The maximum atomic E-state index is 5.71. The molecule has 0 saturated carbocycles. The SMILES string of the molecule is NNCNCc1ccc(Oc2ccccc2)cc1. The number of rotatable bonds is 6. The molecule has 4 nitrogen and oxygen atoms in total. The Labute approximate surface area is 107 Å². The zero-order valence-electron chi connectivity index (χ0n) is 10.1. The third-order valence-corrected chi connectivity index (χ3v) is 2.46. The molecular formula is C14H17N3O. The van der Waals surface area contributed by atoms with Crippen molar-refractivity contribution in [2.24, 2.45) is 5.84 Å². The Balaban J connectivity index is 1.91. The number of para-hydroxylation sites is 1. The number of nitrogens with one attached hydrogen (secondary N) is 2. The number of benzene rings is 2. The molecule has 0 bridgehead atoms. The minimum absolute atomic E-state index is 0.586. The van der Waals surface area contributed by atoms with Gasteiger partial charge in [0.25, 0.3) is 0 Å². The zero-order chi connectivity index (χ0) is 12.6. The van der Waals surface area contributed by atoms with Crippen LogP contribution in [-0.4, -0.2) is 6.67 Å². The molecule has 0 heterocycles. The molecule has 0 aliphatic heterocycles. The molecule has 0 radical (unpaired) electrons. The third kappa shape index (κ3) is 3.85. The van der Waals surface area contributed by atoms with E-state index in [0.29, 0.717) is 6.67 Å². The van der Waals surface area contributed by atoms with Gasteiger partial charge in [-0.15, -0.1) is 0 Å². The van der Waals surface area contributed by atoms with Crippen molar-refractivity contribution in [3.63, 3.8) is 0 Å². The lowest BCUT2D eigenvalue weighted by molar-refractivity contribution is 0.482. The van der Waals surface area contributed by atoms with Crippen LogP contribution in [0.25, 0.3) is 0 Å². The molecule has 0 atom stereocenters. The lowest BCUT2D eigenvalue weighted by Crippen LogP contribution is -2.33. The van der Waals surface area contributed by atoms with Gasteiger partial charge >= 0.3 is 0 Å². The van der Waals surface area contributed by atoms with E-state index in [1.54, 1.807) is 0 Å². The largest absolute Gasteiger partial charge is 0.457 e. The molecule has 0 fully saturated rings. The highest BCUT2D eigenvalue weighted by atomic mass is 16.5. The number of nitrogens with two attached hydrogens (primary N) is 1. The average molecular weight is 243 g/mol. The van der Waals surface area contributed by atoms with Gasteiger partial charge in [-0.3, -0.25) is 11.2 Å². The first-order valence-corrected chi connectivity index (χ1v) is 5.84. The molecule has 2 aromatic carbocycles. The first kappa shape index (κ1) is 12.6. The molecule has 2 aromatic rings. The van der Waals surface area contributed by atoms with Crippen LogP contribution < -0.4 is 21.3 Å². The van der Waals surface area contributed by atoms with Crippen LogP contribution in [-0.2, 0) is 6.54 Å². The Kier molecular flexibility index (Phi) is 4.72. The summed E-state index contributed by atoms with van der Waals surface area (Å²) in [5, 5.41) is 3.14. The molecule has 0 aromatic heterocycles. The number of hydrogen-bond donors (Lipinski definition) is 3. The van der Waals surface area contributed by atoms with Crippen molar-refractivity contribution in [1.82, 2.24) is 10.7 Å². The Hall–Kier alpha value is -1.88.